The van der Waals surface area contributed by atoms with Crippen LogP contribution in [0.15, 0.2) is 12.2 Å². The molecule has 0 amide bonds. The van der Waals surface area contributed by atoms with Gasteiger partial charge in [-0.2, -0.15) is 0 Å². The summed E-state index contributed by atoms with van der Waals surface area (Å²) in [5.41, 5.74) is -1.66. The van der Waals surface area contributed by atoms with Crippen LogP contribution in [-0.2, 0) is 14.3 Å². The predicted octanol–water partition coefficient (Wildman–Crippen LogP) is 4.85. The van der Waals surface area contributed by atoms with E-state index < -0.39 is 17.1 Å². The number of allylic oxidation sites excluding steroid dienone is 1. The van der Waals surface area contributed by atoms with E-state index in [4.69, 9.17) is 9.47 Å². The van der Waals surface area contributed by atoms with E-state index in [0.717, 1.165) is 25.7 Å². The van der Waals surface area contributed by atoms with Gasteiger partial charge in [0.05, 0.1) is 11.5 Å². The highest BCUT2D eigenvalue weighted by atomic mass is 16.6. The van der Waals surface area contributed by atoms with E-state index in [1.165, 1.54) is 0 Å². The molecule has 2 fully saturated rings. The van der Waals surface area contributed by atoms with Crippen LogP contribution in [0.1, 0.15) is 108 Å². The number of aliphatic hydroxyl groups is 1. The third kappa shape index (κ3) is 6.63. The van der Waals surface area contributed by atoms with Gasteiger partial charge in [0, 0.05) is 40.4 Å². The average Bonchev–Trinajstić information content (AvgIpc) is 2.55. The Kier molecular flexibility index (Phi) is 7.20. The van der Waals surface area contributed by atoms with E-state index >= 15 is 0 Å². The predicted molar refractivity (Wildman–Crippen MR) is 136 cm³/mol. The van der Waals surface area contributed by atoms with Crippen molar-refractivity contribution in [2.75, 3.05) is 0 Å². The molecule has 2 aliphatic heterocycles. The zero-order valence-corrected chi connectivity index (χ0v) is 23.3. The zero-order valence-electron chi connectivity index (χ0n) is 23.3. The number of nitrogens with one attached hydrogen (secondary N) is 2. The van der Waals surface area contributed by atoms with Crippen molar-refractivity contribution in [3.8, 4) is 0 Å². The number of hydrogen-bond donors (Lipinski definition) is 3. The van der Waals surface area contributed by atoms with Gasteiger partial charge in [-0.25, -0.2) is 0 Å². The summed E-state index contributed by atoms with van der Waals surface area (Å²) in [7, 11) is 0. The third-order valence-electron chi connectivity index (χ3n) is 7.80. The lowest BCUT2D eigenvalue weighted by molar-refractivity contribution is -0.219. The minimum absolute atomic E-state index is 0.0404. The van der Waals surface area contributed by atoms with E-state index in [0.29, 0.717) is 12.8 Å². The maximum atomic E-state index is 13.5. The molecular formula is C28H50N2O4. The molecule has 2 saturated heterocycles. The molecule has 0 radical (unpaired) electrons. The van der Waals surface area contributed by atoms with E-state index in [1.54, 1.807) is 0 Å². The number of aliphatic hydroxyl groups excluding tert-OH is 1. The number of rotatable bonds is 5. The SMILES string of the molecule is CC1(C)CC(OC(=O)C2(C)C=CCC(C)(C(O)OC3CC(C)(C)NC(C)(C)C3)C2)CC(C)(C)N1. The van der Waals surface area contributed by atoms with Crippen molar-refractivity contribution < 1.29 is 19.4 Å². The second-order valence-electron chi connectivity index (χ2n) is 14.6. The monoisotopic (exact) mass is 478 g/mol. The van der Waals surface area contributed by atoms with Gasteiger partial charge in [0.2, 0.25) is 0 Å². The van der Waals surface area contributed by atoms with Crippen LogP contribution in [-0.4, -0.2) is 51.7 Å². The van der Waals surface area contributed by atoms with E-state index in [1.807, 2.05) is 26.0 Å². The standard InChI is InChI=1S/C28H50N2O4/c1-23(2)14-19(15-24(3,4)29-23)33-21(31)27(9)12-11-13-28(10,18-27)22(32)34-20-16-25(5,6)30-26(7,8)17-20/h11-12,19-20,22,29-30,32H,13-18H2,1-10H3. The fourth-order valence-corrected chi connectivity index (χ4v) is 7.16. The molecule has 34 heavy (non-hydrogen) atoms. The van der Waals surface area contributed by atoms with Gasteiger partial charge in [0.15, 0.2) is 6.29 Å². The van der Waals surface area contributed by atoms with Crippen LogP contribution in [0.3, 0.4) is 0 Å². The quantitative estimate of drug-likeness (QED) is 0.298. The number of ether oxygens (including phenoxy) is 2. The van der Waals surface area contributed by atoms with Gasteiger partial charge in [0.25, 0.3) is 0 Å². The fourth-order valence-electron chi connectivity index (χ4n) is 7.16. The second-order valence-corrected chi connectivity index (χ2v) is 14.6. The lowest BCUT2D eigenvalue weighted by atomic mass is 9.66. The Morgan fingerprint density at radius 2 is 1.26 bits per heavy atom. The van der Waals surface area contributed by atoms with Crippen LogP contribution in [0.4, 0.5) is 0 Å². The minimum atomic E-state index is -0.948. The van der Waals surface area contributed by atoms with Crippen molar-refractivity contribution in [2.45, 2.75) is 148 Å². The van der Waals surface area contributed by atoms with Gasteiger partial charge >= 0.3 is 5.97 Å². The van der Waals surface area contributed by atoms with Gasteiger partial charge in [-0.1, -0.05) is 19.1 Å². The number of carbonyl (C=O) groups excluding carboxylic acids is 1. The van der Waals surface area contributed by atoms with Crippen molar-refractivity contribution >= 4 is 5.97 Å². The summed E-state index contributed by atoms with van der Waals surface area (Å²) in [6, 6.07) is 0. The summed E-state index contributed by atoms with van der Waals surface area (Å²) in [6.07, 6.45) is 7.27. The number of esters is 1. The first-order valence-corrected chi connectivity index (χ1v) is 13.1. The number of hydrogen-bond acceptors (Lipinski definition) is 6. The van der Waals surface area contributed by atoms with Crippen LogP contribution < -0.4 is 10.6 Å². The van der Waals surface area contributed by atoms with Gasteiger partial charge in [0.1, 0.15) is 6.10 Å². The number of carbonyl (C=O) groups is 1. The van der Waals surface area contributed by atoms with Crippen molar-refractivity contribution in [3.05, 3.63) is 12.2 Å². The van der Waals surface area contributed by atoms with Gasteiger partial charge in [-0.15, -0.1) is 0 Å². The Morgan fingerprint density at radius 1 is 0.824 bits per heavy atom. The summed E-state index contributed by atoms with van der Waals surface area (Å²) < 4.78 is 12.4. The molecule has 3 aliphatic rings. The van der Waals surface area contributed by atoms with Crippen LogP contribution in [0.25, 0.3) is 0 Å². The Morgan fingerprint density at radius 3 is 1.74 bits per heavy atom. The van der Waals surface area contributed by atoms with Crippen molar-refractivity contribution in [3.63, 3.8) is 0 Å². The molecular weight excluding hydrogens is 428 g/mol. The second kappa shape index (κ2) is 8.86. The molecule has 0 saturated carbocycles. The van der Waals surface area contributed by atoms with E-state index in [2.05, 4.69) is 66.0 Å². The van der Waals surface area contributed by atoms with Gasteiger partial charge in [-0.3, -0.25) is 4.79 Å². The van der Waals surface area contributed by atoms with Crippen LogP contribution in [0.2, 0.25) is 0 Å². The molecule has 3 N–H and O–H groups in total. The minimum Gasteiger partial charge on any atom is -0.462 e. The van der Waals surface area contributed by atoms with Crippen LogP contribution in [0.5, 0.6) is 0 Å². The topological polar surface area (TPSA) is 79.8 Å². The number of piperidine rings is 2. The molecule has 0 spiro atoms. The normalized spacial score (nSPS) is 36.1. The summed E-state index contributed by atoms with van der Waals surface area (Å²) >= 11 is 0. The third-order valence-corrected chi connectivity index (χ3v) is 7.80. The molecule has 0 aromatic heterocycles. The molecule has 3 atom stereocenters. The first-order chi connectivity index (χ1) is 15.2. The lowest BCUT2D eigenvalue weighted by Crippen LogP contribution is -2.60. The largest absolute Gasteiger partial charge is 0.462 e. The molecule has 0 bridgehead atoms. The molecule has 0 aromatic rings. The molecule has 1 aliphatic carbocycles. The zero-order chi connectivity index (χ0) is 25.8. The Hall–Kier alpha value is -0.950. The van der Waals surface area contributed by atoms with E-state index in [-0.39, 0.29) is 40.3 Å². The highest BCUT2D eigenvalue weighted by molar-refractivity contribution is 5.79. The maximum Gasteiger partial charge on any atom is 0.315 e. The van der Waals surface area contributed by atoms with Gasteiger partial charge < -0.3 is 25.2 Å². The highest BCUT2D eigenvalue weighted by Gasteiger charge is 2.49. The summed E-state index contributed by atoms with van der Waals surface area (Å²) in [5, 5.41) is 18.6. The Labute approximate surface area is 207 Å². The molecule has 3 unspecified atom stereocenters. The fraction of sp³-hybridized carbons (Fsp3) is 0.893. The Bertz CT molecular complexity index is 770. The smallest absolute Gasteiger partial charge is 0.315 e. The van der Waals surface area contributed by atoms with Crippen molar-refractivity contribution in [1.82, 2.24) is 10.6 Å². The first kappa shape index (κ1) is 27.6. The maximum absolute atomic E-state index is 13.5. The molecule has 6 nitrogen and oxygen atoms in total. The lowest BCUT2D eigenvalue weighted by Gasteiger charge is -2.49. The Balaban J connectivity index is 1.68. The van der Waals surface area contributed by atoms with E-state index in [9.17, 15) is 9.90 Å². The summed E-state index contributed by atoms with van der Waals surface area (Å²) in [6.45, 7) is 21.3. The van der Waals surface area contributed by atoms with Gasteiger partial charge in [-0.05, 0) is 88.0 Å². The molecule has 0 aromatic carbocycles. The molecule has 6 heteroatoms. The molecule has 3 rings (SSSR count). The summed E-state index contributed by atoms with van der Waals surface area (Å²) in [5.74, 6) is -0.204. The first-order valence-electron chi connectivity index (χ1n) is 13.1. The van der Waals surface area contributed by atoms with Crippen LogP contribution in [0, 0.1) is 10.8 Å². The highest BCUT2D eigenvalue weighted by Crippen LogP contribution is 2.47. The molecule has 196 valence electrons. The van der Waals surface area contributed by atoms with Crippen molar-refractivity contribution in [2.24, 2.45) is 10.8 Å². The van der Waals surface area contributed by atoms with Crippen LogP contribution >= 0.6 is 0 Å². The average molecular weight is 479 g/mol. The molecule has 2 heterocycles. The summed E-state index contributed by atoms with van der Waals surface area (Å²) in [4.78, 5) is 13.5. The van der Waals surface area contributed by atoms with Crippen molar-refractivity contribution in [1.29, 1.82) is 0 Å².